The summed E-state index contributed by atoms with van der Waals surface area (Å²) in [6.07, 6.45) is -1.31. The van der Waals surface area contributed by atoms with Crippen molar-refractivity contribution >= 4 is 16.9 Å². The normalized spacial score (nSPS) is 19.7. The lowest BCUT2D eigenvalue weighted by Crippen LogP contribution is -2.39. The Bertz CT molecular complexity index is 1090. The quantitative estimate of drug-likeness (QED) is 0.669. The number of nitrogens with one attached hydrogen (secondary N) is 2. The number of aromatic nitrogens is 2. The molecular formula is C22H22F3N3O2. The molecule has 4 rings (SSSR count). The number of hydrogen-bond donors (Lipinski definition) is 2. The van der Waals surface area contributed by atoms with Crippen molar-refractivity contribution in [2.75, 3.05) is 0 Å². The van der Waals surface area contributed by atoms with Crippen molar-refractivity contribution in [2.24, 2.45) is 0 Å². The molecule has 1 fully saturated rings. The van der Waals surface area contributed by atoms with Crippen LogP contribution in [-0.2, 0) is 17.4 Å². The second-order valence-corrected chi connectivity index (χ2v) is 7.76. The first kappa shape index (κ1) is 20.3. The summed E-state index contributed by atoms with van der Waals surface area (Å²) in [5.74, 6) is -0.206. The van der Waals surface area contributed by atoms with Gasteiger partial charge in [-0.2, -0.15) is 13.2 Å². The van der Waals surface area contributed by atoms with E-state index in [1.54, 1.807) is 4.57 Å². The summed E-state index contributed by atoms with van der Waals surface area (Å²) >= 11 is 0. The summed E-state index contributed by atoms with van der Waals surface area (Å²) in [7, 11) is 0. The van der Waals surface area contributed by atoms with Crippen molar-refractivity contribution in [1.82, 2.24) is 14.9 Å². The van der Waals surface area contributed by atoms with Gasteiger partial charge in [0, 0.05) is 12.1 Å². The Hall–Kier alpha value is -3.03. The monoisotopic (exact) mass is 417 g/mol. The summed E-state index contributed by atoms with van der Waals surface area (Å²) in [4.78, 5) is 27.5. The van der Waals surface area contributed by atoms with E-state index >= 15 is 0 Å². The van der Waals surface area contributed by atoms with Crippen LogP contribution in [0.25, 0.3) is 11.0 Å². The molecule has 3 aromatic rings. The molecule has 2 aromatic carbocycles. The number of alkyl halides is 3. The van der Waals surface area contributed by atoms with E-state index in [4.69, 9.17) is 0 Å². The summed E-state index contributed by atoms with van der Waals surface area (Å²) in [5.41, 5.74) is 1.40. The Morgan fingerprint density at radius 2 is 1.70 bits per heavy atom. The van der Waals surface area contributed by atoms with Crippen LogP contribution in [0.15, 0.2) is 53.3 Å². The fraction of sp³-hybridized carbons (Fsp3) is 0.364. The van der Waals surface area contributed by atoms with Crippen molar-refractivity contribution in [3.63, 3.8) is 0 Å². The number of fused-ring (bicyclic) bond motifs is 1. The lowest BCUT2D eigenvalue weighted by atomic mass is 9.90. The number of amides is 1. The maximum atomic E-state index is 12.6. The zero-order chi connectivity index (χ0) is 21.3. The van der Waals surface area contributed by atoms with Gasteiger partial charge in [-0.05, 0) is 55.5 Å². The topological polar surface area (TPSA) is 66.9 Å². The summed E-state index contributed by atoms with van der Waals surface area (Å²) in [5, 5.41) is 2.97. The number of H-pyrrole nitrogens is 1. The second kappa shape index (κ2) is 8.01. The van der Waals surface area contributed by atoms with Crippen LogP contribution in [0.3, 0.4) is 0 Å². The van der Waals surface area contributed by atoms with Crippen LogP contribution in [-0.4, -0.2) is 21.5 Å². The zero-order valence-corrected chi connectivity index (χ0v) is 16.2. The molecule has 0 spiro atoms. The van der Waals surface area contributed by atoms with E-state index in [1.165, 1.54) is 12.1 Å². The van der Waals surface area contributed by atoms with E-state index in [0.717, 1.165) is 48.8 Å². The molecule has 1 aromatic heterocycles. The van der Waals surface area contributed by atoms with Crippen LogP contribution in [0.1, 0.15) is 42.9 Å². The lowest BCUT2D eigenvalue weighted by Gasteiger charge is -2.30. The molecule has 0 radical (unpaired) electrons. The minimum atomic E-state index is -4.38. The Morgan fingerprint density at radius 3 is 2.37 bits per heavy atom. The van der Waals surface area contributed by atoms with Crippen LogP contribution in [0.4, 0.5) is 13.2 Å². The van der Waals surface area contributed by atoms with Crippen LogP contribution in [0.2, 0.25) is 0 Å². The molecule has 0 bridgehead atoms. The molecule has 0 aliphatic heterocycles. The van der Waals surface area contributed by atoms with Gasteiger partial charge in [-0.25, -0.2) is 4.79 Å². The van der Waals surface area contributed by atoms with E-state index in [2.05, 4.69) is 10.3 Å². The highest BCUT2D eigenvalue weighted by Crippen LogP contribution is 2.30. The predicted octanol–water partition coefficient (Wildman–Crippen LogP) is 4.19. The molecule has 0 atom stereocenters. The van der Waals surface area contributed by atoms with Gasteiger partial charge in [0.15, 0.2) is 0 Å². The number of para-hydroxylation sites is 2. The van der Waals surface area contributed by atoms with Gasteiger partial charge in [0.1, 0.15) is 0 Å². The van der Waals surface area contributed by atoms with Crippen molar-refractivity contribution < 1.29 is 18.0 Å². The standard InChI is InChI=1S/C22H22F3N3O2/c23-22(24,25)15-7-5-14(6-8-15)13-20(29)26-16-9-11-17(12-10-16)28-19-4-2-1-3-18(19)27-21(28)30/h1-8,16-17H,9-13H2,(H,26,29)(H,27,30)/t16-,17-. The maximum Gasteiger partial charge on any atom is 0.416 e. The number of halogens is 3. The third kappa shape index (κ3) is 4.27. The molecule has 1 amide bonds. The van der Waals surface area contributed by atoms with Gasteiger partial charge < -0.3 is 10.3 Å². The number of hydrogen-bond acceptors (Lipinski definition) is 2. The molecular weight excluding hydrogens is 395 g/mol. The van der Waals surface area contributed by atoms with Gasteiger partial charge in [-0.1, -0.05) is 24.3 Å². The van der Waals surface area contributed by atoms with Gasteiger partial charge >= 0.3 is 11.9 Å². The van der Waals surface area contributed by atoms with Gasteiger partial charge in [0.2, 0.25) is 5.91 Å². The van der Waals surface area contributed by atoms with Crippen LogP contribution in [0.5, 0.6) is 0 Å². The smallest absolute Gasteiger partial charge is 0.353 e. The average molecular weight is 417 g/mol. The molecule has 8 heteroatoms. The fourth-order valence-electron chi connectivity index (χ4n) is 4.19. The fourth-order valence-corrected chi connectivity index (χ4v) is 4.19. The van der Waals surface area contributed by atoms with Crippen molar-refractivity contribution in [3.05, 3.63) is 70.1 Å². The average Bonchev–Trinajstić information content (AvgIpc) is 3.04. The molecule has 5 nitrogen and oxygen atoms in total. The Morgan fingerprint density at radius 1 is 1.03 bits per heavy atom. The first-order valence-corrected chi connectivity index (χ1v) is 9.96. The first-order chi connectivity index (χ1) is 14.3. The predicted molar refractivity (Wildman–Crippen MR) is 107 cm³/mol. The van der Waals surface area contributed by atoms with Gasteiger partial charge in [0.25, 0.3) is 0 Å². The Kier molecular flexibility index (Phi) is 5.40. The Balaban J connectivity index is 1.33. The van der Waals surface area contributed by atoms with Crippen LogP contribution in [0, 0.1) is 0 Å². The SMILES string of the molecule is O=C(Cc1ccc(C(F)(F)F)cc1)N[C@H]1CC[C@H](n2c(=O)[nH]c3ccccc32)CC1. The van der Waals surface area contributed by atoms with Gasteiger partial charge in [0.05, 0.1) is 23.0 Å². The number of benzene rings is 2. The van der Waals surface area contributed by atoms with Crippen molar-refractivity contribution in [1.29, 1.82) is 0 Å². The molecule has 30 heavy (non-hydrogen) atoms. The summed E-state index contributed by atoms with van der Waals surface area (Å²) < 4.78 is 39.7. The number of rotatable bonds is 4. The molecule has 0 unspecified atom stereocenters. The van der Waals surface area contributed by atoms with Gasteiger partial charge in [-0.3, -0.25) is 9.36 Å². The lowest BCUT2D eigenvalue weighted by molar-refractivity contribution is -0.137. The molecule has 1 aliphatic rings. The molecule has 1 saturated carbocycles. The summed E-state index contributed by atoms with van der Waals surface area (Å²) in [6.45, 7) is 0. The van der Waals surface area contributed by atoms with Crippen molar-refractivity contribution in [2.45, 2.75) is 50.4 Å². The highest BCUT2D eigenvalue weighted by Gasteiger charge is 2.30. The highest BCUT2D eigenvalue weighted by atomic mass is 19.4. The highest BCUT2D eigenvalue weighted by molar-refractivity contribution is 5.79. The minimum absolute atomic E-state index is 0.00380. The largest absolute Gasteiger partial charge is 0.416 e. The minimum Gasteiger partial charge on any atom is -0.353 e. The number of imidazole rings is 1. The number of nitrogens with zero attached hydrogens (tertiary/aromatic N) is 1. The van der Waals surface area contributed by atoms with Crippen molar-refractivity contribution in [3.8, 4) is 0 Å². The van der Waals surface area contributed by atoms with Crippen LogP contribution < -0.4 is 11.0 Å². The molecule has 0 saturated heterocycles. The third-order valence-electron chi connectivity index (χ3n) is 5.70. The number of carbonyl (C=O) groups excluding carboxylic acids is 1. The number of carbonyl (C=O) groups is 1. The van der Waals surface area contributed by atoms with E-state index in [9.17, 15) is 22.8 Å². The Labute approximate surface area is 170 Å². The van der Waals surface area contributed by atoms with Gasteiger partial charge in [-0.15, -0.1) is 0 Å². The molecule has 1 aliphatic carbocycles. The number of aromatic amines is 1. The zero-order valence-electron chi connectivity index (χ0n) is 16.2. The third-order valence-corrected chi connectivity index (χ3v) is 5.70. The summed E-state index contributed by atoms with van der Waals surface area (Å²) in [6, 6.07) is 12.3. The van der Waals surface area contributed by atoms with E-state index < -0.39 is 11.7 Å². The van der Waals surface area contributed by atoms with E-state index in [1.807, 2.05) is 24.3 Å². The second-order valence-electron chi connectivity index (χ2n) is 7.76. The molecule has 2 N–H and O–H groups in total. The molecule has 1 heterocycles. The van der Waals surface area contributed by atoms with E-state index in [0.29, 0.717) is 5.56 Å². The van der Waals surface area contributed by atoms with Crippen LogP contribution >= 0.6 is 0 Å². The molecule has 158 valence electrons. The first-order valence-electron chi connectivity index (χ1n) is 9.96. The van der Waals surface area contributed by atoms with E-state index in [-0.39, 0.29) is 30.1 Å². The maximum absolute atomic E-state index is 12.6.